The summed E-state index contributed by atoms with van der Waals surface area (Å²) in [4.78, 5) is 14.8. The molecular weight excluding hydrogens is 252 g/mol. The van der Waals surface area contributed by atoms with Crippen LogP contribution < -0.4 is 5.73 Å². The van der Waals surface area contributed by atoms with E-state index in [1.807, 2.05) is 17.9 Å². The lowest BCUT2D eigenvalue weighted by Crippen LogP contribution is -2.58. The number of carbonyl (C=O) groups excluding carboxylic acids is 1. The molecule has 0 bridgehead atoms. The van der Waals surface area contributed by atoms with Crippen molar-refractivity contribution in [2.24, 2.45) is 11.1 Å². The lowest BCUT2D eigenvalue weighted by Gasteiger charge is -2.52. The molecule has 3 rings (SSSR count). The minimum Gasteiger partial charge on any atom is -0.459 e. The lowest BCUT2D eigenvalue weighted by atomic mass is 9.62. The van der Waals surface area contributed by atoms with Crippen LogP contribution in [0.15, 0.2) is 16.7 Å². The first kappa shape index (κ1) is 13.7. The van der Waals surface area contributed by atoms with E-state index in [4.69, 9.17) is 10.2 Å². The van der Waals surface area contributed by atoms with Gasteiger partial charge in [-0.3, -0.25) is 4.79 Å². The summed E-state index contributed by atoms with van der Waals surface area (Å²) < 4.78 is 5.40. The molecule has 1 saturated heterocycles. The molecule has 0 aromatic carbocycles. The van der Waals surface area contributed by atoms with Gasteiger partial charge in [0, 0.05) is 18.0 Å². The Bertz CT molecular complexity index is 485. The average molecular weight is 276 g/mol. The normalized spacial score (nSPS) is 25.3. The largest absolute Gasteiger partial charge is 0.459 e. The summed E-state index contributed by atoms with van der Waals surface area (Å²) >= 11 is 0. The van der Waals surface area contributed by atoms with Gasteiger partial charge in [-0.15, -0.1) is 0 Å². The molecule has 110 valence electrons. The van der Waals surface area contributed by atoms with Gasteiger partial charge in [-0.25, -0.2) is 0 Å². The maximum Gasteiger partial charge on any atom is 0.289 e. The van der Waals surface area contributed by atoms with Gasteiger partial charge in [-0.1, -0.05) is 6.42 Å². The Hall–Kier alpha value is -1.29. The minimum atomic E-state index is 0.0440. The summed E-state index contributed by atoms with van der Waals surface area (Å²) in [6, 6.07) is 2.14. The standard InChI is InChI=1S/C16H24N2O2/c1-12-9-13(20-10-12)15(19)18-8-3-2-5-14(18)16(11-17)6-4-7-16/h9-10,14H,2-8,11,17H2,1H3. The number of carbonyl (C=O) groups is 1. The number of nitrogens with zero attached hydrogens (tertiary/aromatic N) is 1. The second kappa shape index (κ2) is 5.24. The Morgan fingerprint density at radius 2 is 2.25 bits per heavy atom. The predicted octanol–water partition coefficient (Wildman–Crippen LogP) is 2.71. The van der Waals surface area contributed by atoms with E-state index in [1.54, 1.807) is 6.26 Å². The summed E-state index contributed by atoms with van der Waals surface area (Å²) in [5, 5.41) is 0. The first-order valence-corrected chi connectivity index (χ1v) is 7.72. The minimum absolute atomic E-state index is 0.0440. The van der Waals surface area contributed by atoms with Gasteiger partial charge in [0.1, 0.15) is 0 Å². The fraction of sp³-hybridized carbons (Fsp3) is 0.688. The molecular formula is C16H24N2O2. The van der Waals surface area contributed by atoms with Crippen molar-refractivity contribution in [3.8, 4) is 0 Å². The Balaban J connectivity index is 1.83. The first-order valence-electron chi connectivity index (χ1n) is 7.72. The highest BCUT2D eigenvalue weighted by Crippen LogP contribution is 2.47. The molecule has 4 heteroatoms. The van der Waals surface area contributed by atoms with Gasteiger partial charge in [0.2, 0.25) is 0 Å². The van der Waals surface area contributed by atoms with E-state index in [2.05, 4.69) is 0 Å². The van der Waals surface area contributed by atoms with Gasteiger partial charge >= 0.3 is 0 Å². The van der Waals surface area contributed by atoms with Crippen LogP contribution in [0.3, 0.4) is 0 Å². The molecule has 2 heterocycles. The summed E-state index contributed by atoms with van der Waals surface area (Å²) in [5.41, 5.74) is 7.21. The zero-order chi connectivity index (χ0) is 14.2. The molecule has 1 unspecified atom stereocenters. The van der Waals surface area contributed by atoms with Crippen LogP contribution in [0.5, 0.6) is 0 Å². The maximum absolute atomic E-state index is 12.7. The average Bonchev–Trinajstić information content (AvgIpc) is 2.85. The smallest absolute Gasteiger partial charge is 0.289 e. The summed E-state index contributed by atoms with van der Waals surface area (Å²) in [6.45, 7) is 3.48. The topological polar surface area (TPSA) is 59.5 Å². The number of hydrogen-bond acceptors (Lipinski definition) is 3. The van der Waals surface area contributed by atoms with Crippen molar-refractivity contribution in [3.63, 3.8) is 0 Å². The van der Waals surface area contributed by atoms with Crippen LogP contribution in [0.1, 0.15) is 54.6 Å². The molecule has 1 saturated carbocycles. The van der Waals surface area contributed by atoms with Crippen molar-refractivity contribution < 1.29 is 9.21 Å². The molecule has 1 aromatic rings. The van der Waals surface area contributed by atoms with Crippen LogP contribution in [0.2, 0.25) is 0 Å². The molecule has 2 N–H and O–H groups in total. The van der Waals surface area contributed by atoms with E-state index in [0.717, 1.165) is 37.8 Å². The number of furan rings is 1. The zero-order valence-electron chi connectivity index (χ0n) is 12.2. The number of hydrogen-bond donors (Lipinski definition) is 1. The molecule has 0 radical (unpaired) electrons. The van der Waals surface area contributed by atoms with Gasteiger partial charge in [0.05, 0.1) is 6.26 Å². The molecule has 2 fully saturated rings. The van der Waals surface area contributed by atoms with Crippen molar-refractivity contribution in [1.29, 1.82) is 0 Å². The monoisotopic (exact) mass is 276 g/mol. The van der Waals surface area contributed by atoms with Crippen LogP contribution in [0.4, 0.5) is 0 Å². The van der Waals surface area contributed by atoms with E-state index >= 15 is 0 Å². The first-order chi connectivity index (χ1) is 9.66. The van der Waals surface area contributed by atoms with Gasteiger partial charge in [0.15, 0.2) is 5.76 Å². The Morgan fingerprint density at radius 3 is 2.80 bits per heavy atom. The molecule has 4 nitrogen and oxygen atoms in total. The van der Waals surface area contributed by atoms with E-state index in [-0.39, 0.29) is 11.3 Å². The summed E-state index contributed by atoms with van der Waals surface area (Å²) in [6.07, 6.45) is 8.59. The van der Waals surface area contributed by atoms with Crippen molar-refractivity contribution >= 4 is 5.91 Å². The van der Waals surface area contributed by atoms with Crippen LogP contribution in [-0.2, 0) is 0 Å². The van der Waals surface area contributed by atoms with Crippen molar-refractivity contribution in [3.05, 3.63) is 23.7 Å². The van der Waals surface area contributed by atoms with Crippen LogP contribution in [0.25, 0.3) is 0 Å². The molecule has 20 heavy (non-hydrogen) atoms. The number of amides is 1. The summed E-state index contributed by atoms with van der Waals surface area (Å²) in [5.74, 6) is 0.517. The van der Waals surface area contributed by atoms with E-state index in [1.165, 1.54) is 12.8 Å². The molecule has 1 atom stereocenters. The molecule has 2 aliphatic rings. The predicted molar refractivity (Wildman–Crippen MR) is 77.5 cm³/mol. The van der Waals surface area contributed by atoms with E-state index in [9.17, 15) is 4.79 Å². The van der Waals surface area contributed by atoms with Gasteiger partial charge in [0.25, 0.3) is 5.91 Å². The maximum atomic E-state index is 12.7. The molecule has 1 amide bonds. The third-order valence-corrected chi connectivity index (χ3v) is 5.17. The molecule has 1 aliphatic heterocycles. The Labute approximate surface area is 120 Å². The lowest BCUT2D eigenvalue weighted by molar-refractivity contribution is -0.0103. The Kier molecular flexibility index (Phi) is 3.59. The highest BCUT2D eigenvalue weighted by molar-refractivity contribution is 5.92. The number of likely N-dealkylation sites (tertiary alicyclic amines) is 1. The number of rotatable bonds is 3. The summed E-state index contributed by atoms with van der Waals surface area (Å²) in [7, 11) is 0. The third-order valence-electron chi connectivity index (χ3n) is 5.17. The fourth-order valence-electron chi connectivity index (χ4n) is 3.80. The van der Waals surface area contributed by atoms with Gasteiger partial charge in [-0.05, 0) is 57.2 Å². The van der Waals surface area contributed by atoms with E-state index < -0.39 is 0 Å². The van der Waals surface area contributed by atoms with Crippen LogP contribution >= 0.6 is 0 Å². The van der Waals surface area contributed by atoms with Crippen molar-refractivity contribution in [2.75, 3.05) is 13.1 Å². The van der Waals surface area contributed by atoms with Crippen LogP contribution in [0, 0.1) is 12.3 Å². The van der Waals surface area contributed by atoms with Crippen molar-refractivity contribution in [2.45, 2.75) is 51.5 Å². The highest BCUT2D eigenvalue weighted by Gasteiger charge is 2.47. The second-order valence-electron chi connectivity index (χ2n) is 6.42. The SMILES string of the molecule is Cc1coc(C(=O)N2CCCCC2C2(CN)CCC2)c1. The quantitative estimate of drug-likeness (QED) is 0.923. The number of piperidine rings is 1. The zero-order valence-corrected chi connectivity index (χ0v) is 12.2. The fourth-order valence-corrected chi connectivity index (χ4v) is 3.80. The van der Waals surface area contributed by atoms with E-state index in [0.29, 0.717) is 18.3 Å². The van der Waals surface area contributed by atoms with Crippen LogP contribution in [-0.4, -0.2) is 29.9 Å². The third kappa shape index (κ3) is 2.16. The van der Waals surface area contributed by atoms with Crippen molar-refractivity contribution in [1.82, 2.24) is 4.90 Å². The second-order valence-corrected chi connectivity index (χ2v) is 6.42. The highest BCUT2D eigenvalue weighted by atomic mass is 16.3. The molecule has 1 aromatic heterocycles. The number of aryl methyl sites for hydroxylation is 1. The van der Waals surface area contributed by atoms with Gasteiger partial charge in [-0.2, -0.15) is 0 Å². The molecule has 1 aliphatic carbocycles. The van der Waals surface area contributed by atoms with Gasteiger partial charge < -0.3 is 15.1 Å². The molecule has 0 spiro atoms. The number of nitrogens with two attached hydrogens (primary N) is 1. The Morgan fingerprint density at radius 1 is 1.45 bits per heavy atom.